The Hall–Kier alpha value is -4.27. The summed E-state index contributed by atoms with van der Waals surface area (Å²) in [6.07, 6.45) is 2.13. The first kappa shape index (κ1) is 20.6. The molecule has 2 aromatic carbocycles. The molecule has 0 bridgehead atoms. The largest absolute Gasteiger partial charge is 0.370 e. The van der Waals surface area contributed by atoms with Gasteiger partial charge in [-0.2, -0.15) is 0 Å². The average Bonchev–Trinajstić information content (AvgIpc) is 3.28. The number of H-pyrrole nitrogens is 1. The van der Waals surface area contributed by atoms with E-state index in [0.717, 1.165) is 22.2 Å². The summed E-state index contributed by atoms with van der Waals surface area (Å²) in [5.74, 6) is 0.114. The normalized spacial score (nSPS) is 12.7. The summed E-state index contributed by atoms with van der Waals surface area (Å²) in [5.41, 5.74) is 4.92. The van der Waals surface area contributed by atoms with Crippen molar-refractivity contribution in [3.63, 3.8) is 0 Å². The summed E-state index contributed by atoms with van der Waals surface area (Å²) in [4.78, 5) is 35.2. The van der Waals surface area contributed by atoms with Crippen LogP contribution >= 0.6 is 0 Å². The molecule has 8 nitrogen and oxygen atoms in total. The number of benzene rings is 2. The van der Waals surface area contributed by atoms with E-state index in [1.54, 1.807) is 30.3 Å². The Balaban J connectivity index is 1.29. The summed E-state index contributed by atoms with van der Waals surface area (Å²) < 4.78 is 14.2. The number of fused-ring (bicyclic) bond motifs is 2. The summed E-state index contributed by atoms with van der Waals surface area (Å²) in [7, 11) is 0. The molecule has 9 heteroatoms. The van der Waals surface area contributed by atoms with Crippen LogP contribution in [0.5, 0.6) is 0 Å². The number of imide groups is 1. The minimum atomic E-state index is -0.411. The molecular formula is C24H21FN6O2. The fraction of sp³-hybridized carbons (Fsp3) is 0.167. The summed E-state index contributed by atoms with van der Waals surface area (Å²) >= 11 is 0. The number of hydrogen-bond acceptors (Lipinski definition) is 6. The third-order valence-electron chi connectivity index (χ3n) is 5.79. The van der Waals surface area contributed by atoms with Gasteiger partial charge in [0.15, 0.2) is 0 Å². The van der Waals surface area contributed by atoms with Crippen molar-refractivity contribution in [1.82, 2.24) is 20.3 Å². The average molecular weight is 444 g/mol. The molecule has 3 heterocycles. The van der Waals surface area contributed by atoms with Gasteiger partial charge in [0, 0.05) is 29.4 Å². The number of amides is 2. The first-order valence-electron chi connectivity index (χ1n) is 10.5. The number of halogens is 1. The highest BCUT2D eigenvalue weighted by Crippen LogP contribution is 2.28. The van der Waals surface area contributed by atoms with Crippen molar-refractivity contribution in [1.29, 1.82) is 0 Å². The van der Waals surface area contributed by atoms with Gasteiger partial charge in [0.05, 0.1) is 16.6 Å². The summed E-state index contributed by atoms with van der Waals surface area (Å²) in [5, 5.41) is 9.62. The second kappa shape index (κ2) is 8.01. The van der Waals surface area contributed by atoms with Crippen molar-refractivity contribution in [2.24, 2.45) is 0 Å². The first-order valence-corrected chi connectivity index (χ1v) is 10.5. The predicted octanol–water partition coefficient (Wildman–Crippen LogP) is 4.00. The van der Waals surface area contributed by atoms with Gasteiger partial charge in [0.2, 0.25) is 0 Å². The van der Waals surface area contributed by atoms with Crippen LogP contribution in [0.15, 0.2) is 42.7 Å². The van der Waals surface area contributed by atoms with Gasteiger partial charge in [0.25, 0.3) is 11.8 Å². The molecule has 1 aliphatic rings. The molecule has 4 N–H and O–H groups in total. The number of anilines is 3. The number of aromatic nitrogens is 3. The Labute approximate surface area is 188 Å². The molecule has 0 atom stereocenters. The maximum atomic E-state index is 14.2. The lowest BCUT2D eigenvalue weighted by molar-refractivity contribution is 0.0879. The third kappa shape index (κ3) is 3.78. The Kier molecular flexibility index (Phi) is 5.01. The highest BCUT2D eigenvalue weighted by atomic mass is 19.1. The van der Waals surface area contributed by atoms with Crippen molar-refractivity contribution in [3.8, 4) is 0 Å². The van der Waals surface area contributed by atoms with Crippen LogP contribution in [0, 0.1) is 19.7 Å². The number of carbonyl (C=O) groups is 2. The van der Waals surface area contributed by atoms with Crippen LogP contribution in [0.2, 0.25) is 0 Å². The molecule has 4 aromatic rings. The fourth-order valence-corrected chi connectivity index (χ4v) is 4.19. The van der Waals surface area contributed by atoms with Crippen molar-refractivity contribution in [2.45, 2.75) is 20.3 Å². The van der Waals surface area contributed by atoms with E-state index in [4.69, 9.17) is 0 Å². The van der Waals surface area contributed by atoms with Crippen molar-refractivity contribution in [3.05, 3.63) is 76.5 Å². The van der Waals surface area contributed by atoms with E-state index in [9.17, 15) is 14.0 Å². The minimum Gasteiger partial charge on any atom is -0.370 e. The zero-order valence-electron chi connectivity index (χ0n) is 18.0. The number of nitrogens with zero attached hydrogens (tertiary/aromatic N) is 2. The number of aryl methyl sites for hydroxylation is 2. The minimum absolute atomic E-state index is 0.252. The topological polar surface area (TPSA) is 112 Å². The lowest BCUT2D eigenvalue weighted by Crippen LogP contribution is -2.19. The number of aromatic amines is 1. The van der Waals surface area contributed by atoms with Crippen LogP contribution in [0.25, 0.3) is 10.9 Å². The van der Waals surface area contributed by atoms with Crippen LogP contribution in [0.4, 0.5) is 21.7 Å². The third-order valence-corrected chi connectivity index (χ3v) is 5.79. The zero-order valence-corrected chi connectivity index (χ0v) is 18.0. The molecule has 0 radical (unpaired) electrons. The van der Waals surface area contributed by atoms with Crippen LogP contribution in [0.3, 0.4) is 0 Å². The van der Waals surface area contributed by atoms with Gasteiger partial charge in [-0.25, -0.2) is 14.4 Å². The lowest BCUT2D eigenvalue weighted by atomic mass is 10.0. The molecule has 166 valence electrons. The lowest BCUT2D eigenvalue weighted by Gasteiger charge is -2.10. The van der Waals surface area contributed by atoms with Crippen LogP contribution in [-0.4, -0.2) is 33.3 Å². The van der Waals surface area contributed by atoms with Gasteiger partial charge in [-0.15, -0.1) is 0 Å². The molecule has 33 heavy (non-hydrogen) atoms. The predicted molar refractivity (Wildman–Crippen MR) is 123 cm³/mol. The van der Waals surface area contributed by atoms with Gasteiger partial charge in [-0.3, -0.25) is 14.9 Å². The second-order valence-electron chi connectivity index (χ2n) is 7.98. The van der Waals surface area contributed by atoms with Crippen LogP contribution in [0.1, 0.15) is 37.5 Å². The smallest absolute Gasteiger partial charge is 0.259 e. The van der Waals surface area contributed by atoms with Crippen LogP contribution < -0.4 is 16.0 Å². The van der Waals surface area contributed by atoms with Gasteiger partial charge in [-0.05, 0) is 55.7 Å². The van der Waals surface area contributed by atoms with E-state index < -0.39 is 11.8 Å². The maximum Gasteiger partial charge on any atom is 0.259 e. The quantitative estimate of drug-likeness (QED) is 0.335. The van der Waals surface area contributed by atoms with E-state index >= 15 is 0 Å². The Morgan fingerprint density at radius 2 is 1.76 bits per heavy atom. The Morgan fingerprint density at radius 1 is 0.970 bits per heavy atom. The fourth-order valence-electron chi connectivity index (χ4n) is 4.19. The number of nitrogens with one attached hydrogen (secondary N) is 4. The van der Waals surface area contributed by atoms with Gasteiger partial charge >= 0.3 is 0 Å². The standard InChI is InChI=1S/C24H21FN6O2/c1-12-3-6-18(25)22-21(12)15(13(2)29-22)7-8-26-19-10-20(28-11-27-19)30-14-4-5-16-17(9-14)24(33)31-23(16)32/h3-6,9-11,29H,7-8H2,1-2H3,(H,31,32,33)(H2,26,27,28,30). The molecule has 0 unspecified atom stereocenters. The highest BCUT2D eigenvalue weighted by molar-refractivity contribution is 6.21. The molecule has 0 spiro atoms. The maximum absolute atomic E-state index is 14.2. The number of carbonyl (C=O) groups excluding carboxylic acids is 2. The van der Waals surface area contributed by atoms with Crippen molar-refractivity contribution in [2.75, 3.05) is 17.2 Å². The van der Waals surface area contributed by atoms with Crippen LogP contribution in [-0.2, 0) is 6.42 Å². The van der Waals surface area contributed by atoms with E-state index in [-0.39, 0.29) is 5.82 Å². The number of hydrogen-bond donors (Lipinski definition) is 4. The van der Waals surface area contributed by atoms with Gasteiger partial charge in [-0.1, -0.05) is 6.07 Å². The molecule has 0 fully saturated rings. The molecule has 0 aliphatic carbocycles. The highest BCUT2D eigenvalue weighted by Gasteiger charge is 2.26. The SMILES string of the molecule is Cc1[nH]c2c(F)ccc(C)c2c1CCNc1cc(Nc2ccc3c(c2)C(=O)NC3=O)ncn1. The van der Waals surface area contributed by atoms with E-state index in [1.165, 1.54) is 12.4 Å². The molecule has 0 saturated carbocycles. The van der Waals surface area contributed by atoms with E-state index in [0.29, 0.717) is 46.9 Å². The molecule has 2 aromatic heterocycles. The van der Waals surface area contributed by atoms with Crippen molar-refractivity contribution >= 4 is 40.0 Å². The Morgan fingerprint density at radius 3 is 2.61 bits per heavy atom. The second-order valence-corrected chi connectivity index (χ2v) is 7.98. The van der Waals surface area contributed by atoms with Gasteiger partial charge in [0.1, 0.15) is 23.8 Å². The summed E-state index contributed by atoms with van der Waals surface area (Å²) in [6, 6.07) is 9.97. The number of rotatable bonds is 6. The monoisotopic (exact) mass is 444 g/mol. The van der Waals surface area contributed by atoms with E-state index in [2.05, 4.69) is 30.9 Å². The first-order chi connectivity index (χ1) is 15.9. The zero-order chi connectivity index (χ0) is 23.1. The molecule has 0 saturated heterocycles. The molecule has 5 rings (SSSR count). The van der Waals surface area contributed by atoms with Crippen molar-refractivity contribution < 1.29 is 14.0 Å². The van der Waals surface area contributed by atoms with E-state index in [1.807, 2.05) is 13.8 Å². The Bertz CT molecular complexity index is 1430. The molecule has 1 aliphatic heterocycles. The molecule has 2 amide bonds. The van der Waals surface area contributed by atoms with Gasteiger partial charge < -0.3 is 15.6 Å². The molecular weight excluding hydrogens is 423 g/mol. The summed E-state index contributed by atoms with van der Waals surface area (Å²) in [6.45, 7) is 4.53.